The van der Waals surface area contributed by atoms with Gasteiger partial charge in [-0.2, -0.15) is 10.2 Å². The molecule has 5 aliphatic rings. The van der Waals surface area contributed by atoms with Gasteiger partial charge in [0.25, 0.3) is 0 Å². The van der Waals surface area contributed by atoms with Crippen molar-refractivity contribution in [2.45, 2.75) is 51.6 Å². The van der Waals surface area contributed by atoms with Crippen molar-refractivity contribution in [3.63, 3.8) is 0 Å². The van der Waals surface area contributed by atoms with Crippen molar-refractivity contribution in [3.8, 4) is 0 Å². The molecule has 4 aliphatic carbocycles. The summed E-state index contributed by atoms with van der Waals surface area (Å²) < 4.78 is 56.9. The predicted octanol–water partition coefficient (Wildman–Crippen LogP) is 4.11. The van der Waals surface area contributed by atoms with E-state index in [-0.39, 0.29) is 39.5 Å². The van der Waals surface area contributed by atoms with E-state index < -0.39 is 41.1 Å². The maximum absolute atomic E-state index is 14.3. The lowest BCUT2D eigenvalue weighted by molar-refractivity contribution is 0.0480. The Hall–Kier alpha value is -2.32. The first kappa shape index (κ1) is 21.0. The predicted molar refractivity (Wildman–Crippen MR) is 127 cm³/mol. The van der Waals surface area contributed by atoms with Gasteiger partial charge >= 0.3 is 0 Å². The lowest BCUT2D eigenvalue weighted by Gasteiger charge is -2.53. The number of benzene rings is 2. The highest BCUT2D eigenvalue weighted by atomic mass is 32.2. The molecule has 0 saturated heterocycles. The molecule has 0 unspecified atom stereocenters. The molecule has 0 amide bonds. The van der Waals surface area contributed by atoms with Crippen LogP contribution in [0, 0.1) is 29.1 Å². The monoisotopic (exact) mass is 494 g/mol. The molecule has 1 aliphatic heterocycles. The molecule has 3 saturated carbocycles. The van der Waals surface area contributed by atoms with E-state index in [1.165, 1.54) is 0 Å². The SMILES string of the molecule is C[C@@H]1N=N[C@]23[C@H]4C=C[C@@H](C4)[C@]12[C@H]1C[C@H]3[C@H](S(=O)(=O)c2ccccc2)[C@H]1S(=O)(=O)c1ccccc1. The second-order valence-corrected chi connectivity index (χ2v) is 14.8. The summed E-state index contributed by atoms with van der Waals surface area (Å²) in [4.78, 5) is 0.380. The third kappa shape index (κ3) is 2.11. The summed E-state index contributed by atoms with van der Waals surface area (Å²) in [5.74, 6) is -0.377. The normalized spacial score (nSPS) is 43.4. The number of azo groups is 1. The molecule has 8 heteroatoms. The van der Waals surface area contributed by atoms with E-state index in [1.54, 1.807) is 60.7 Å². The van der Waals surface area contributed by atoms with E-state index in [2.05, 4.69) is 17.3 Å². The number of hydrogen-bond acceptors (Lipinski definition) is 6. The lowest BCUT2D eigenvalue weighted by Crippen LogP contribution is -2.65. The smallest absolute Gasteiger partial charge is 0.182 e. The van der Waals surface area contributed by atoms with Crippen molar-refractivity contribution < 1.29 is 16.8 Å². The summed E-state index contributed by atoms with van der Waals surface area (Å²) in [6.07, 6.45) is 5.88. The Kier molecular flexibility index (Phi) is 3.99. The minimum atomic E-state index is -3.93. The molecule has 4 bridgehead atoms. The van der Waals surface area contributed by atoms with Gasteiger partial charge in [-0.05, 0) is 55.9 Å². The quantitative estimate of drug-likeness (QED) is 0.598. The minimum absolute atomic E-state index is 0.120. The van der Waals surface area contributed by atoms with Crippen LogP contribution in [0.1, 0.15) is 19.8 Å². The highest BCUT2D eigenvalue weighted by Gasteiger charge is 2.86. The fourth-order valence-electron chi connectivity index (χ4n) is 8.85. The van der Waals surface area contributed by atoms with Crippen LogP contribution in [0.5, 0.6) is 0 Å². The van der Waals surface area contributed by atoms with Gasteiger partial charge in [0, 0.05) is 17.3 Å². The Morgan fingerprint density at radius 1 is 0.735 bits per heavy atom. The minimum Gasteiger partial charge on any atom is -0.223 e. The van der Waals surface area contributed by atoms with Crippen molar-refractivity contribution >= 4 is 19.7 Å². The molecule has 0 spiro atoms. The number of allylic oxidation sites excluding steroid dienone is 1. The molecular weight excluding hydrogens is 468 g/mol. The van der Waals surface area contributed by atoms with Crippen molar-refractivity contribution in [1.82, 2.24) is 0 Å². The first-order valence-corrected chi connectivity index (χ1v) is 15.0. The lowest BCUT2D eigenvalue weighted by atomic mass is 9.54. The van der Waals surface area contributed by atoms with Gasteiger partial charge < -0.3 is 0 Å². The Morgan fingerprint density at radius 3 is 1.85 bits per heavy atom. The van der Waals surface area contributed by atoms with E-state index in [0.29, 0.717) is 6.42 Å². The third-order valence-corrected chi connectivity index (χ3v) is 14.4. The molecule has 0 aromatic heterocycles. The molecule has 176 valence electrons. The number of sulfone groups is 2. The molecule has 6 nitrogen and oxygen atoms in total. The average Bonchev–Trinajstić information content (AvgIpc) is 3.64. The summed E-state index contributed by atoms with van der Waals surface area (Å²) >= 11 is 0. The van der Waals surface area contributed by atoms with E-state index >= 15 is 0 Å². The Morgan fingerprint density at radius 2 is 1.26 bits per heavy atom. The molecule has 9 atom stereocenters. The van der Waals surface area contributed by atoms with E-state index in [9.17, 15) is 16.8 Å². The van der Waals surface area contributed by atoms with Gasteiger partial charge in [0.05, 0.1) is 26.3 Å². The average molecular weight is 495 g/mol. The summed E-state index contributed by atoms with van der Waals surface area (Å²) in [6.45, 7) is 2.05. The van der Waals surface area contributed by atoms with Crippen LogP contribution in [0.25, 0.3) is 0 Å². The zero-order chi connectivity index (χ0) is 23.5. The van der Waals surface area contributed by atoms with Gasteiger partial charge in [0.15, 0.2) is 19.7 Å². The van der Waals surface area contributed by atoms with Gasteiger partial charge in [0.2, 0.25) is 0 Å². The van der Waals surface area contributed by atoms with Crippen LogP contribution >= 0.6 is 0 Å². The zero-order valence-electron chi connectivity index (χ0n) is 18.7. The summed E-state index contributed by atoms with van der Waals surface area (Å²) in [7, 11) is -7.86. The van der Waals surface area contributed by atoms with Gasteiger partial charge in [-0.25, -0.2) is 16.8 Å². The first-order valence-electron chi connectivity index (χ1n) is 12.0. The summed E-state index contributed by atoms with van der Waals surface area (Å²) in [5, 5.41) is 7.47. The van der Waals surface area contributed by atoms with E-state index in [0.717, 1.165) is 6.42 Å². The maximum Gasteiger partial charge on any atom is 0.182 e. The highest BCUT2D eigenvalue weighted by molar-refractivity contribution is 7.96. The molecule has 0 radical (unpaired) electrons. The number of hydrogen-bond donors (Lipinski definition) is 0. The second kappa shape index (κ2) is 6.46. The van der Waals surface area contributed by atoms with Gasteiger partial charge in [-0.1, -0.05) is 48.6 Å². The fourth-order valence-corrected chi connectivity index (χ4v) is 14.0. The highest BCUT2D eigenvalue weighted by Crippen LogP contribution is 2.80. The largest absolute Gasteiger partial charge is 0.223 e. The van der Waals surface area contributed by atoms with Crippen LogP contribution in [0.2, 0.25) is 0 Å². The fraction of sp³-hybridized carbons (Fsp3) is 0.462. The van der Waals surface area contributed by atoms with E-state index in [4.69, 9.17) is 5.11 Å². The molecule has 2 aromatic rings. The zero-order valence-corrected chi connectivity index (χ0v) is 20.4. The van der Waals surface area contributed by atoms with Crippen LogP contribution in [-0.4, -0.2) is 38.9 Å². The van der Waals surface area contributed by atoms with Gasteiger partial charge in [-0.15, -0.1) is 0 Å². The van der Waals surface area contributed by atoms with Crippen LogP contribution in [0.15, 0.2) is 92.8 Å². The Balaban J connectivity index is 1.49. The molecular formula is C26H26N2O4S2. The molecule has 2 aromatic carbocycles. The Bertz CT molecular complexity index is 1450. The van der Waals surface area contributed by atoms with Gasteiger partial charge in [0.1, 0.15) is 5.54 Å². The van der Waals surface area contributed by atoms with E-state index in [1.807, 2.05) is 6.92 Å². The third-order valence-electron chi connectivity index (χ3n) is 9.71. The molecule has 1 heterocycles. The molecule has 3 fully saturated rings. The Labute approximate surface area is 200 Å². The summed E-state index contributed by atoms with van der Waals surface area (Å²) in [6, 6.07) is 16.6. The summed E-state index contributed by atoms with van der Waals surface area (Å²) in [5.41, 5.74) is -1.04. The first-order chi connectivity index (χ1) is 16.3. The van der Waals surface area contributed by atoms with Crippen molar-refractivity contribution in [1.29, 1.82) is 0 Å². The molecule has 34 heavy (non-hydrogen) atoms. The van der Waals surface area contributed by atoms with Crippen LogP contribution < -0.4 is 0 Å². The van der Waals surface area contributed by atoms with Crippen molar-refractivity contribution in [2.75, 3.05) is 0 Å². The number of nitrogens with zero attached hydrogens (tertiary/aromatic N) is 2. The topological polar surface area (TPSA) is 93.0 Å². The van der Waals surface area contributed by atoms with Crippen LogP contribution in [0.4, 0.5) is 0 Å². The van der Waals surface area contributed by atoms with Crippen molar-refractivity contribution in [3.05, 3.63) is 72.8 Å². The van der Waals surface area contributed by atoms with Gasteiger partial charge in [-0.3, -0.25) is 0 Å². The van der Waals surface area contributed by atoms with Crippen LogP contribution in [-0.2, 0) is 19.7 Å². The number of fused-ring (bicyclic) bond motifs is 4. The molecule has 0 N–H and O–H groups in total. The number of rotatable bonds is 4. The maximum atomic E-state index is 14.3. The van der Waals surface area contributed by atoms with Crippen molar-refractivity contribution in [2.24, 2.45) is 39.3 Å². The van der Waals surface area contributed by atoms with Crippen LogP contribution in [0.3, 0.4) is 0 Å². The second-order valence-electron chi connectivity index (χ2n) is 10.6. The standard InChI is InChI=1S/C26H26N2O4S2/c1-16-25-17-12-13-18(14-17)26(25,28-27-16)22-15-21(25)23(33(29,30)19-8-4-2-5-9-19)24(22)34(31,32)20-10-6-3-7-11-20/h2-13,16-18,21-24H,14-15H2,1H3/t16-,17-,18-,21-,22-,23-,24-,25-,26-/m0/s1. The molecule has 7 rings (SSSR count).